The second kappa shape index (κ2) is 7.01. The quantitative estimate of drug-likeness (QED) is 0.769. The third kappa shape index (κ3) is 3.78. The first kappa shape index (κ1) is 14.5. The second-order valence-electron chi connectivity index (χ2n) is 4.51. The zero-order valence-corrected chi connectivity index (χ0v) is 12.3. The van der Waals surface area contributed by atoms with Crippen LogP contribution in [0.4, 0.5) is 5.69 Å². The Morgan fingerprint density at radius 1 is 1.20 bits per heavy atom. The minimum Gasteiger partial charge on any atom is -0.490 e. The predicted molar refractivity (Wildman–Crippen MR) is 85.6 cm³/mol. The van der Waals surface area contributed by atoms with Crippen LogP contribution in [0, 0.1) is 6.92 Å². The van der Waals surface area contributed by atoms with E-state index in [1.54, 1.807) is 6.08 Å². The zero-order chi connectivity index (χ0) is 14.4. The standard InChI is InChI=1S/C17H18ClNO/c1-3-11-20-15-9-7-14(8-10-15)12-19-17-6-4-5-16(18)13(17)2/h3-10,19H,1,11-12H2,2H3. The predicted octanol–water partition coefficient (Wildman–Crippen LogP) is 4.83. The van der Waals surface area contributed by atoms with Gasteiger partial charge in [-0.05, 0) is 42.3 Å². The van der Waals surface area contributed by atoms with Crippen molar-refractivity contribution in [2.75, 3.05) is 11.9 Å². The summed E-state index contributed by atoms with van der Waals surface area (Å²) in [5.74, 6) is 0.854. The molecule has 0 heterocycles. The summed E-state index contributed by atoms with van der Waals surface area (Å²) in [5.41, 5.74) is 3.32. The molecule has 2 rings (SSSR count). The SMILES string of the molecule is C=CCOc1ccc(CNc2cccc(Cl)c2C)cc1. The van der Waals surface area contributed by atoms with E-state index in [1.165, 1.54) is 5.56 Å². The van der Waals surface area contributed by atoms with Gasteiger partial charge < -0.3 is 10.1 Å². The molecule has 0 atom stereocenters. The van der Waals surface area contributed by atoms with E-state index < -0.39 is 0 Å². The molecule has 0 spiro atoms. The van der Waals surface area contributed by atoms with E-state index in [-0.39, 0.29) is 0 Å². The van der Waals surface area contributed by atoms with E-state index in [4.69, 9.17) is 16.3 Å². The van der Waals surface area contributed by atoms with Crippen LogP contribution in [0.25, 0.3) is 0 Å². The highest BCUT2D eigenvalue weighted by Crippen LogP contribution is 2.23. The Hall–Kier alpha value is -1.93. The fourth-order valence-corrected chi connectivity index (χ4v) is 2.03. The molecule has 1 N–H and O–H groups in total. The molecular formula is C17H18ClNO. The van der Waals surface area contributed by atoms with Crippen molar-refractivity contribution in [3.8, 4) is 5.75 Å². The van der Waals surface area contributed by atoms with E-state index in [9.17, 15) is 0 Å². The average molecular weight is 288 g/mol. The van der Waals surface area contributed by atoms with Crippen molar-refractivity contribution in [3.63, 3.8) is 0 Å². The molecule has 0 amide bonds. The summed E-state index contributed by atoms with van der Waals surface area (Å²) in [5, 5.41) is 4.17. The van der Waals surface area contributed by atoms with Crippen molar-refractivity contribution in [2.24, 2.45) is 0 Å². The van der Waals surface area contributed by atoms with Gasteiger partial charge >= 0.3 is 0 Å². The van der Waals surface area contributed by atoms with E-state index in [0.29, 0.717) is 6.61 Å². The molecule has 2 aromatic carbocycles. The van der Waals surface area contributed by atoms with Gasteiger partial charge in [-0.25, -0.2) is 0 Å². The van der Waals surface area contributed by atoms with Crippen LogP contribution in [-0.4, -0.2) is 6.61 Å². The van der Waals surface area contributed by atoms with Crippen LogP contribution < -0.4 is 10.1 Å². The Labute approximate surface area is 125 Å². The van der Waals surface area contributed by atoms with Crippen LogP contribution >= 0.6 is 11.6 Å². The van der Waals surface area contributed by atoms with Gasteiger partial charge in [0.2, 0.25) is 0 Å². The first-order valence-corrected chi connectivity index (χ1v) is 6.90. The summed E-state index contributed by atoms with van der Waals surface area (Å²) in [4.78, 5) is 0. The summed E-state index contributed by atoms with van der Waals surface area (Å²) in [6.07, 6.45) is 1.73. The van der Waals surface area contributed by atoms with Crippen molar-refractivity contribution in [2.45, 2.75) is 13.5 Å². The van der Waals surface area contributed by atoms with Gasteiger partial charge in [0.25, 0.3) is 0 Å². The lowest BCUT2D eigenvalue weighted by molar-refractivity contribution is 0.363. The molecular weight excluding hydrogens is 270 g/mol. The summed E-state index contributed by atoms with van der Waals surface area (Å²) in [6.45, 7) is 6.92. The Bertz CT molecular complexity index is 578. The van der Waals surface area contributed by atoms with Gasteiger partial charge in [-0.15, -0.1) is 0 Å². The first-order valence-electron chi connectivity index (χ1n) is 6.52. The van der Waals surface area contributed by atoms with Crippen LogP contribution in [-0.2, 0) is 6.54 Å². The number of rotatable bonds is 6. The molecule has 0 aliphatic carbocycles. The lowest BCUT2D eigenvalue weighted by Gasteiger charge is -2.11. The average Bonchev–Trinajstić information content (AvgIpc) is 2.48. The number of hydrogen-bond donors (Lipinski definition) is 1. The van der Waals surface area contributed by atoms with Crippen molar-refractivity contribution in [1.29, 1.82) is 0 Å². The molecule has 3 heteroatoms. The molecule has 2 nitrogen and oxygen atoms in total. The second-order valence-corrected chi connectivity index (χ2v) is 4.92. The van der Waals surface area contributed by atoms with E-state index >= 15 is 0 Å². The number of anilines is 1. The van der Waals surface area contributed by atoms with E-state index in [1.807, 2.05) is 49.4 Å². The number of benzene rings is 2. The van der Waals surface area contributed by atoms with Gasteiger partial charge in [-0.3, -0.25) is 0 Å². The first-order chi connectivity index (χ1) is 9.70. The summed E-state index contributed by atoms with van der Waals surface area (Å²) < 4.78 is 5.45. The lowest BCUT2D eigenvalue weighted by Crippen LogP contribution is -2.01. The van der Waals surface area contributed by atoms with Gasteiger partial charge in [-0.2, -0.15) is 0 Å². The lowest BCUT2D eigenvalue weighted by atomic mass is 10.1. The maximum Gasteiger partial charge on any atom is 0.119 e. The van der Waals surface area contributed by atoms with Gasteiger partial charge in [0.05, 0.1) is 0 Å². The molecule has 0 saturated heterocycles. The maximum atomic E-state index is 6.10. The number of halogens is 1. The van der Waals surface area contributed by atoms with Gasteiger partial charge in [0.15, 0.2) is 0 Å². The molecule has 0 saturated carbocycles. The van der Waals surface area contributed by atoms with Crippen LogP contribution in [0.15, 0.2) is 55.1 Å². The minimum atomic E-state index is 0.527. The Kier molecular flexibility index (Phi) is 5.08. The van der Waals surface area contributed by atoms with Crippen LogP contribution in [0.3, 0.4) is 0 Å². The van der Waals surface area contributed by atoms with Crippen LogP contribution in [0.2, 0.25) is 5.02 Å². The third-order valence-corrected chi connectivity index (χ3v) is 3.45. The third-order valence-electron chi connectivity index (χ3n) is 3.04. The molecule has 2 aromatic rings. The Morgan fingerprint density at radius 2 is 1.95 bits per heavy atom. The highest BCUT2D eigenvalue weighted by molar-refractivity contribution is 6.31. The zero-order valence-electron chi connectivity index (χ0n) is 11.5. The number of hydrogen-bond acceptors (Lipinski definition) is 2. The topological polar surface area (TPSA) is 21.3 Å². The van der Waals surface area contributed by atoms with Gasteiger partial charge in [-0.1, -0.05) is 42.5 Å². The van der Waals surface area contributed by atoms with Crippen molar-refractivity contribution >= 4 is 17.3 Å². The molecule has 0 fully saturated rings. The van der Waals surface area contributed by atoms with Crippen molar-refractivity contribution < 1.29 is 4.74 Å². The maximum absolute atomic E-state index is 6.10. The summed E-state index contributed by atoms with van der Waals surface area (Å²) in [6, 6.07) is 13.9. The smallest absolute Gasteiger partial charge is 0.119 e. The number of nitrogens with one attached hydrogen (secondary N) is 1. The van der Waals surface area contributed by atoms with E-state index in [0.717, 1.165) is 28.6 Å². The molecule has 104 valence electrons. The Balaban J connectivity index is 1.97. The minimum absolute atomic E-state index is 0.527. The molecule has 0 unspecified atom stereocenters. The molecule has 20 heavy (non-hydrogen) atoms. The van der Waals surface area contributed by atoms with Crippen molar-refractivity contribution in [3.05, 3.63) is 71.3 Å². The molecule has 0 aliphatic heterocycles. The molecule has 0 bridgehead atoms. The van der Waals surface area contributed by atoms with E-state index in [2.05, 4.69) is 11.9 Å². The Morgan fingerprint density at radius 3 is 2.65 bits per heavy atom. The highest BCUT2D eigenvalue weighted by atomic mass is 35.5. The molecule has 0 radical (unpaired) electrons. The highest BCUT2D eigenvalue weighted by Gasteiger charge is 2.01. The molecule has 0 aromatic heterocycles. The summed E-state index contributed by atoms with van der Waals surface area (Å²) >= 11 is 6.10. The molecule has 0 aliphatic rings. The van der Waals surface area contributed by atoms with Gasteiger partial charge in [0.1, 0.15) is 12.4 Å². The van der Waals surface area contributed by atoms with Crippen LogP contribution in [0.1, 0.15) is 11.1 Å². The number of ether oxygens (including phenoxy) is 1. The fourth-order valence-electron chi connectivity index (χ4n) is 1.85. The monoisotopic (exact) mass is 287 g/mol. The summed E-state index contributed by atoms with van der Waals surface area (Å²) in [7, 11) is 0. The van der Waals surface area contributed by atoms with Gasteiger partial charge in [0, 0.05) is 17.3 Å². The van der Waals surface area contributed by atoms with Crippen molar-refractivity contribution in [1.82, 2.24) is 0 Å². The normalized spacial score (nSPS) is 10.1. The fraction of sp³-hybridized carbons (Fsp3) is 0.176. The van der Waals surface area contributed by atoms with Crippen LogP contribution in [0.5, 0.6) is 5.75 Å². The largest absolute Gasteiger partial charge is 0.490 e.